The zero-order valence-electron chi connectivity index (χ0n) is 8.44. The molecule has 0 amide bonds. The van der Waals surface area contributed by atoms with Crippen molar-refractivity contribution in [1.82, 2.24) is 4.90 Å². The molecular weight excluding hydrogens is 174 g/mol. The molecule has 0 aromatic heterocycles. The van der Waals surface area contributed by atoms with Gasteiger partial charge < -0.3 is 4.74 Å². The number of benzene rings is 1. The lowest BCUT2D eigenvalue weighted by Crippen LogP contribution is -2.35. The Bertz CT molecular complexity index is 319. The largest absolute Gasteiger partial charge is 0.363 e. The van der Waals surface area contributed by atoms with Crippen molar-refractivity contribution in [3.05, 3.63) is 35.4 Å². The standard InChI is InChI=1S/C12H15NO/c1-2-13-7-11-9-5-3-4-6-10(9)12(8-13)14-11/h3-6,11-12H,2,7-8H2,1H3. The van der Waals surface area contributed by atoms with E-state index in [9.17, 15) is 0 Å². The third kappa shape index (κ3) is 1.11. The van der Waals surface area contributed by atoms with Gasteiger partial charge in [0, 0.05) is 13.1 Å². The molecule has 2 heterocycles. The van der Waals surface area contributed by atoms with Gasteiger partial charge in [-0.1, -0.05) is 31.2 Å². The van der Waals surface area contributed by atoms with E-state index in [1.807, 2.05) is 0 Å². The molecule has 1 aromatic carbocycles. The molecule has 1 fully saturated rings. The molecule has 1 saturated heterocycles. The van der Waals surface area contributed by atoms with Gasteiger partial charge in [0.15, 0.2) is 0 Å². The molecule has 2 unspecified atom stereocenters. The predicted molar refractivity (Wildman–Crippen MR) is 55.1 cm³/mol. The molecule has 2 nitrogen and oxygen atoms in total. The molecule has 2 bridgehead atoms. The van der Waals surface area contributed by atoms with E-state index < -0.39 is 0 Å². The van der Waals surface area contributed by atoms with E-state index in [1.165, 1.54) is 11.1 Å². The molecule has 2 aliphatic heterocycles. The first-order chi connectivity index (χ1) is 6.88. The van der Waals surface area contributed by atoms with Crippen molar-refractivity contribution in [1.29, 1.82) is 0 Å². The highest BCUT2D eigenvalue weighted by molar-refractivity contribution is 5.36. The van der Waals surface area contributed by atoms with Gasteiger partial charge in [-0.25, -0.2) is 0 Å². The van der Waals surface area contributed by atoms with Crippen LogP contribution in [-0.2, 0) is 4.74 Å². The third-order valence-electron chi connectivity index (χ3n) is 3.31. The summed E-state index contributed by atoms with van der Waals surface area (Å²) in [5.74, 6) is 0. The molecule has 0 aliphatic carbocycles. The number of nitrogens with zero attached hydrogens (tertiary/aromatic N) is 1. The van der Waals surface area contributed by atoms with Crippen LogP contribution in [0.1, 0.15) is 30.3 Å². The van der Waals surface area contributed by atoms with Crippen molar-refractivity contribution in [2.24, 2.45) is 0 Å². The molecular formula is C12H15NO. The summed E-state index contributed by atoms with van der Waals surface area (Å²) < 4.78 is 5.96. The predicted octanol–water partition coefficient (Wildman–Crippen LogP) is 2.13. The second-order valence-corrected chi connectivity index (χ2v) is 4.09. The van der Waals surface area contributed by atoms with Crippen LogP contribution < -0.4 is 0 Å². The molecule has 0 spiro atoms. The van der Waals surface area contributed by atoms with Gasteiger partial charge in [-0.05, 0) is 17.7 Å². The molecule has 2 heteroatoms. The first-order valence-electron chi connectivity index (χ1n) is 5.35. The second-order valence-electron chi connectivity index (χ2n) is 4.09. The van der Waals surface area contributed by atoms with E-state index in [-0.39, 0.29) is 0 Å². The van der Waals surface area contributed by atoms with E-state index in [0.29, 0.717) is 12.2 Å². The number of fused-ring (bicyclic) bond motifs is 5. The van der Waals surface area contributed by atoms with Crippen molar-refractivity contribution in [3.8, 4) is 0 Å². The molecule has 74 valence electrons. The van der Waals surface area contributed by atoms with Crippen molar-refractivity contribution < 1.29 is 4.74 Å². The van der Waals surface area contributed by atoms with E-state index >= 15 is 0 Å². The minimum absolute atomic E-state index is 0.324. The van der Waals surface area contributed by atoms with E-state index in [0.717, 1.165) is 19.6 Å². The van der Waals surface area contributed by atoms with Gasteiger partial charge in [0.2, 0.25) is 0 Å². The van der Waals surface area contributed by atoms with Gasteiger partial charge in [0.05, 0.1) is 12.2 Å². The van der Waals surface area contributed by atoms with E-state index in [2.05, 4.69) is 36.1 Å². The number of rotatable bonds is 1. The Morgan fingerprint density at radius 1 is 1.21 bits per heavy atom. The molecule has 2 aliphatic rings. The van der Waals surface area contributed by atoms with Crippen molar-refractivity contribution in [2.45, 2.75) is 19.1 Å². The van der Waals surface area contributed by atoms with Gasteiger partial charge in [-0.2, -0.15) is 0 Å². The zero-order chi connectivity index (χ0) is 9.54. The average molecular weight is 189 g/mol. The van der Waals surface area contributed by atoms with Crippen molar-refractivity contribution in [3.63, 3.8) is 0 Å². The lowest BCUT2D eigenvalue weighted by atomic mass is 10.0. The molecule has 0 radical (unpaired) electrons. The van der Waals surface area contributed by atoms with Crippen LogP contribution in [0.3, 0.4) is 0 Å². The van der Waals surface area contributed by atoms with Gasteiger partial charge in [-0.15, -0.1) is 0 Å². The molecule has 0 N–H and O–H groups in total. The Morgan fingerprint density at radius 3 is 2.29 bits per heavy atom. The van der Waals surface area contributed by atoms with Gasteiger partial charge in [-0.3, -0.25) is 4.90 Å². The average Bonchev–Trinajstić information content (AvgIpc) is 2.52. The summed E-state index contributed by atoms with van der Waals surface area (Å²) in [6, 6.07) is 8.64. The van der Waals surface area contributed by atoms with Crippen LogP contribution in [0.4, 0.5) is 0 Å². The number of ether oxygens (including phenoxy) is 1. The summed E-state index contributed by atoms with van der Waals surface area (Å²) in [7, 11) is 0. The number of morpholine rings is 1. The monoisotopic (exact) mass is 189 g/mol. The Labute approximate surface area is 84.5 Å². The van der Waals surface area contributed by atoms with Crippen LogP contribution in [0.15, 0.2) is 24.3 Å². The summed E-state index contributed by atoms with van der Waals surface area (Å²) in [6.45, 7) is 5.47. The SMILES string of the molecule is CCN1CC2OC(C1)c1ccccc12. The Morgan fingerprint density at radius 2 is 1.79 bits per heavy atom. The van der Waals surface area contributed by atoms with Crippen LogP contribution >= 0.6 is 0 Å². The minimum Gasteiger partial charge on any atom is -0.363 e. The summed E-state index contributed by atoms with van der Waals surface area (Å²) >= 11 is 0. The molecule has 3 rings (SSSR count). The molecule has 14 heavy (non-hydrogen) atoms. The minimum atomic E-state index is 0.324. The highest BCUT2D eigenvalue weighted by atomic mass is 16.5. The van der Waals surface area contributed by atoms with Gasteiger partial charge in [0.1, 0.15) is 0 Å². The zero-order valence-corrected chi connectivity index (χ0v) is 8.44. The van der Waals surface area contributed by atoms with E-state index in [1.54, 1.807) is 0 Å². The quantitative estimate of drug-likeness (QED) is 0.671. The van der Waals surface area contributed by atoms with Crippen LogP contribution in [0.2, 0.25) is 0 Å². The fourth-order valence-corrected chi connectivity index (χ4v) is 2.53. The number of likely N-dealkylation sites (N-methyl/N-ethyl adjacent to an activating group) is 1. The van der Waals surface area contributed by atoms with Crippen molar-refractivity contribution >= 4 is 0 Å². The van der Waals surface area contributed by atoms with Crippen molar-refractivity contribution in [2.75, 3.05) is 19.6 Å². The first-order valence-corrected chi connectivity index (χ1v) is 5.35. The highest BCUT2D eigenvalue weighted by Gasteiger charge is 2.37. The summed E-state index contributed by atoms with van der Waals surface area (Å²) in [5, 5.41) is 0. The molecule has 2 atom stereocenters. The molecule has 1 aromatic rings. The lowest BCUT2D eigenvalue weighted by Gasteiger charge is -2.31. The van der Waals surface area contributed by atoms with Gasteiger partial charge >= 0.3 is 0 Å². The maximum atomic E-state index is 5.96. The third-order valence-corrected chi connectivity index (χ3v) is 3.31. The Balaban J connectivity index is 1.99. The number of hydrogen-bond donors (Lipinski definition) is 0. The fourth-order valence-electron chi connectivity index (χ4n) is 2.53. The summed E-state index contributed by atoms with van der Waals surface area (Å²) in [5.41, 5.74) is 2.82. The van der Waals surface area contributed by atoms with E-state index in [4.69, 9.17) is 4.74 Å². The van der Waals surface area contributed by atoms with Gasteiger partial charge in [0.25, 0.3) is 0 Å². The van der Waals surface area contributed by atoms with Crippen LogP contribution in [0.5, 0.6) is 0 Å². The Hall–Kier alpha value is -0.860. The second kappa shape index (κ2) is 3.07. The smallest absolute Gasteiger partial charge is 0.0964 e. The van der Waals surface area contributed by atoms with Crippen LogP contribution in [0.25, 0.3) is 0 Å². The number of hydrogen-bond acceptors (Lipinski definition) is 2. The normalized spacial score (nSPS) is 30.4. The Kier molecular flexibility index (Phi) is 1.85. The van der Waals surface area contributed by atoms with Crippen LogP contribution in [-0.4, -0.2) is 24.5 Å². The highest BCUT2D eigenvalue weighted by Crippen LogP contribution is 2.42. The maximum Gasteiger partial charge on any atom is 0.0964 e. The topological polar surface area (TPSA) is 12.5 Å². The van der Waals surface area contributed by atoms with Crippen LogP contribution in [0, 0.1) is 0 Å². The fraction of sp³-hybridized carbons (Fsp3) is 0.500. The summed E-state index contributed by atoms with van der Waals surface area (Å²) in [4.78, 5) is 2.47. The maximum absolute atomic E-state index is 5.96. The lowest BCUT2D eigenvalue weighted by molar-refractivity contribution is -0.0662. The first kappa shape index (κ1) is 8.45. The molecule has 0 saturated carbocycles. The summed E-state index contributed by atoms with van der Waals surface area (Å²) in [6.07, 6.45) is 0.648.